The lowest BCUT2D eigenvalue weighted by Gasteiger charge is -1.86. The van der Waals surface area contributed by atoms with E-state index >= 15 is 0 Å². The molecule has 0 amide bonds. The molecule has 0 bridgehead atoms. The van der Waals surface area contributed by atoms with E-state index < -0.39 is 0 Å². The minimum Gasteiger partial charge on any atom is -0.382 e. The molecule has 1 nitrogen and oxygen atoms in total. The van der Waals surface area contributed by atoms with E-state index in [0.29, 0.717) is 0 Å². The van der Waals surface area contributed by atoms with Crippen LogP contribution in [-0.4, -0.2) is 13.2 Å². The zero-order valence-corrected chi connectivity index (χ0v) is 22.7. The lowest BCUT2D eigenvalue weighted by molar-refractivity contribution is 0.162. The molecule has 0 aromatic carbocycles. The molecule has 0 fully saturated rings. The molecule has 0 rings (SSSR count). The van der Waals surface area contributed by atoms with E-state index in [2.05, 4.69) is 55.4 Å². The van der Waals surface area contributed by atoms with Crippen molar-refractivity contribution in [1.29, 1.82) is 0 Å². The summed E-state index contributed by atoms with van der Waals surface area (Å²) in [5.41, 5.74) is 0. The summed E-state index contributed by atoms with van der Waals surface area (Å²) in [6.45, 7) is 38.7. The van der Waals surface area contributed by atoms with Crippen molar-refractivity contribution in [3.63, 3.8) is 0 Å². The van der Waals surface area contributed by atoms with Gasteiger partial charge in [-0.05, 0) is 13.8 Å². The minimum absolute atomic E-state index is 0. The molecule has 0 saturated carbocycles. The highest BCUT2D eigenvalue weighted by atomic mass is 16.5. The van der Waals surface area contributed by atoms with Gasteiger partial charge in [0, 0.05) is 13.2 Å². The van der Waals surface area contributed by atoms with Gasteiger partial charge in [0.2, 0.25) is 0 Å². The Labute approximate surface area is 198 Å². The number of hydrogen-bond acceptors (Lipinski definition) is 1. The number of hydrogen-bond donors (Lipinski definition) is 0. The van der Waals surface area contributed by atoms with Crippen molar-refractivity contribution in [3.05, 3.63) is 0 Å². The summed E-state index contributed by atoms with van der Waals surface area (Å²) in [7, 11) is 0. The van der Waals surface area contributed by atoms with E-state index in [1.165, 1.54) is 25.7 Å². The molecule has 0 aliphatic rings. The van der Waals surface area contributed by atoms with Crippen LogP contribution in [0.4, 0.5) is 0 Å². The molecule has 0 aliphatic carbocycles. The van der Waals surface area contributed by atoms with E-state index in [-0.39, 0.29) is 29.7 Å². The molecule has 200 valence electrons. The van der Waals surface area contributed by atoms with E-state index in [9.17, 15) is 0 Å². The van der Waals surface area contributed by atoms with Gasteiger partial charge in [0.15, 0.2) is 0 Å². The fourth-order valence-electron chi connectivity index (χ4n) is 0.204. The molecule has 29 heavy (non-hydrogen) atoms. The average Bonchev–Trinajstić information content (AvgIpc) is 2.65. The van der Waals surface area contributed by atoms with Crippen molar-refractivity contribution in [2.45, 2.75) is 180 Å². The van der Waals surface area contributed by atoms with E-state index in [1.807, 2.05) is 69.2 Å². The summed E-state index contributed by atoms with van der Waals surface area (Å²) in [6, 6.07) is 0. The topological polar surface area (TPSA) is 9.23 Å². The minimum atomic E-state index is 0. The fraction of sp³-hybridized carbons (Fsp3) is 1.00. The summed E-state index contributed by atoms with van der Waals surface area (Å²) >= 11 is 0. The Morgan fingerprint density at radius 2 is 0.379 bits per heavy atom. The lowest BCUT2D eigenvalue weighted by atomic mass is 10.6. The standard InChI is InChI=1S/C4H10O.4C3H8.4C2H6.4CH4/c1-3-5-4-2;4*1-3-2;4*1-2;;;;/h3-4H2,1-2H3;4*3H2,1-2H3;4*1-2H3;4*1H4. The smallest absolute Gasteiger partial charge is 0.0437 e. The first-order chi connectivity index (χ1) is 12.1. The maximum atomic E-state index is 4.83. The quantitative estimate of drug-likeness (QED) is 0.419. The Morgan fingerprint density at radius 3 is 0.379 bits per heavy atom. The van der Waals surface area contributed by atoms with Gasteiger partial charge >= 0.3 is 0 Å². The Hall–Kier alpha value is -0.0400. The van der Waals surface area contributed by atoms with E-state index in [4.69, 9.17) is 4.74 Å². The third kappa shape index (κ3) is 4900. The molecule has 0 saturated heterocycles. The van der Waals surface area contributed by atoms with Gasteiger partial charge in [-0.3, -0.25) is 0 Å². The largest absolute Gasteiger partial charge is 0.382 e. The molecule has 0 N–H and O–H groups in total. The number of ether oxygens (including phenoxy) is 1. The van der Waals surface area contributed by atoms with Crippen LogP contribution >= 0.6 is 0 Å². The Bertz CT molecular complexity index is 35.6. The molecule has 0 aliphatic heterocycles. The second kappa shape index (κ2) is 420. The Balaban J connectivity index is -0.00000000905. The van der Waals surface area contributed by atoms with Crippen molar-refractivity contribution in [2.75, 3.05) is 13.2 Å². The van der Waals surface area contributed by atoms with Crippen LogP contribution in [0.5, 0.6) is 0 Å². The predicted molar refractivity (Wildman–Crippen MR) is 158 cm³/mol. The number of rotatable bonds is 2. The zero-order chi connectivity index (χ0) is 22.9. The third-order valence-corrected chi connectivity index (χ3v) is 0.408. The molecule has 0 aromatic heterocycles. The second-order valence-corrected chi connectivity index (χ2v) is 3.61. The van der Waals surface area contributed by atoms with Gasteiger partial charge < -0.3 is 4.74 Å². The molecule has 0 spiro atoms. The van der Waals surface area contributed by atoms with Gasteiger partial charge in [0.05, 0.1) is 0 Å². The summed E-state index contributed by atoms with van der Waals surface area (Å²) in [5.74, 6) is 0. The molecule has 0 heterocycles. The van der Waals surface area contributed by atoms with Crippen molar-refractivity contribution >= 4 is 0 Å². The van der Waals surface area contributed by atoms with Crippen LogP contribution in [-0.2, 0) is 4.74 Å². The van der Waals surface area contributed by atoms with Crippen LogP contribution < -0.4 is 0 Å². The molecule has 0 aromatic rings. The average molecular weight is 435 g/mol. The van der Waals surface area contributed by atoms with Gasteiger partial charge in [0.25, 0.3) is 0 Å². The van der Waals surface area contributed by atoms with Crippen LogP contribution in [0, 0.1) is 0 Å². The van der Waals surface area contributed by atoms with Gasteiger partial charge in [-0.2, -0.15) is 0 Å². The fourth-order valence-corrected chi connectivity index (χ4v) is 0.204. The van der Waals surface area contributed by atoms with Crippen molar-refractivity contribution < 1.29 is 4.74 Å². The van der Waals surface area contributed by atoms with Crippen molar-refractivity contribution in [1.82, 2.24) is 0 Å². The van der Waals surface area contributed by atoms with Gasteiger partial charge in [-0.1, -0.05) is 166 Å². The molecule has 1 heteroatoms. The molecule has 0 radical (unpaired) electrons. The summed E-state index contributed by atoms with van der Waals surface area (Å²) in [4.78, 5) is 0. The van der Waals surface area contributed by atoms with Gasteiger partial charge in [-0.15, -0.1) is 0 Å². The van der Waals surface area contributed by atoms with Gasteiger partial charge in [0.1, 0.15) is 0 Å². The Morgan fingerprint density at radius 1 is 0.310 bits per heavy atom. The molecular formula is C28H82O. The lowest BCUT2D eigenvalue weighted by Crippen LogP contribution is -1.84. The van der Waals surface area contributed by atoms with Crippen LogP contribution in [0.1, 0.15) is 180 Å². The second-order valence-electron chi connectivity index (χ2n) is 3.61. The van der Waals surface area contributed by atoms with Crippen LogP contribution in [0.15, 0.2) is 0 Å². The monoisotopic (exact) mass is 435 g/mol. The first-order valence-corrected chi connectivity index (χ1v) is 11.6. The highest BCUT2D eigenvalue weighted by Crippen LogP contribution is 1.64. The summed E-state index contributed by atoms with van der Waals surface area (Å²) in [5, 5.41) is 0. The summed E-state index contributed by atoms with van der Waals surface area (Å²) < 4.78 is 4.83. The highest BCUT2D eigenvalue weighted by Gasteiger charge is 1.64. The van der Waals surface area contributed by atoms with Crippen molar-refractivity contribution in [2.24, 2.45) is 0 Å². The van der Waals surface area contributed by atoms with E-state index in [1.54, 1.807) is 0 Å². The third-order valence-electron chi connectivity index (χ3n) is 0.408. The molecule has 0 unspecified atom stereocenters. The van der Waals surface area contributed by atoms with E-state index in [0.717, 1.165) is 13.2 Å². The van der Waals surface area contributed by atoms with Crippen LogP contribution in [0.25, 0.3) is 0 Å². The maximum Gasteiger partial charge on any atom is 0.0437 e. The maximum absolute atomic E-state index is 4.83. The van der Waals surface area contributed by atoms with Crippen LogP contribution in [0.2, 0.25) is 0 Å². The first-order valence-electron chi connectivity index (χ1n) is 11.6. The SMILES string of the molecule is C.C.C.C.CC.CC.CC.CC.CCC.CCC.CCC.CCC.CCOCC. The van der Waals surface area contributed by atoms with Crippen molar-refractivity contribution in [3.8, 4) is 0 Å². The summed E-state index contributed by atoms with van der Waals surface area (Å²) in [6.07, 6.45) is 5.00. The van der Waals surface area contributed by atoms with Crippen LogP contribution in [0.3, 0.4) is 0 Å². The molecule has 0 atom stereocenters. The predicted octanol–water partition coefficient (Wildman–Crippen LogP) is 13.4. The Kier molecular flexibility index (Phi) is 1290. The highest BCUT2D eigenvalue weighted by molar-refractivity contribution is 4.07. The van der Waals surface area contributed by atoms with Gasteiger partial charge in [-0.25, -0.2) is 0 Å². The molecular weight excluding hydrogens is 352 g/mol. The normalized spacial score (nSPS) is 4.76. The zero-order valence-electron chi connectivity index (χ0n) is 22.7. The first kappa shape index (κ1) is 88.9.